The van der Waals surface area contributed by atoms with Crippen LogP contribution >= 0.6 is 0 Å². The van der Waals surface area contributed by atoms with Gasteiger partial charge in [-0.3, -0.25) is 14.3 Å². The summed E-state index contributed by atoms with van der Waals surface area (Å²) < 4.78 is 39.3. The molecule has 0 atom stereocenters. The molecule has 0 bridgehead atoms. The van der Waals surface area contributed by atoms with E-state index in [1.807, 2.05) is 37.5 Å². The summed E-state index contributed by atoms with van der Waals surface area (Å²) in [5, 5.41) is 13.4. The summed E-state index contributed by atoms with van der Waals surface area (Å²) in [6, 6.07) is 7.64. The Morgan fingerprint density at radius 1 is 1.12 bits per heavy atom. The van der Waals surface area contributed by atoms with Crippen LogP contribution in [0.5, 0.6) is 0 Å². The van der Waals surface area contributed by atoms with Gasteiger partial charge in [-0.1, -0.05) is 6.07 Å². The third kappa shape index (κ3) is 3.63. The lowest BCUT2D eigenvalue weighted by Gasteiger charge is -2.58. The maximum absolute atomic E-state index is 12.7. The Bertz CT molecular complexity index is 1220. The molecule has 32 heavy (non-hydrogen) atoms. The molecule has 2 aromatic heterocycles. The van der Waals surface area contributed by atoms with Gasteiger partial charge >= 0.3 is 12.1 Å². The lowest BCUT2D eigenvalue weighted by atomic mass is 9.56. The molecule has 166 valence electrons. The van der Waals surface area contributed by atoms with E-state index in [9.17, 15) is 22.8 Å². The van der Waals surface area contributed by atoms with E-state index in [-0.39, 0.29) is 36.6 Å². The molecule has 1 spiro atoms. The number of fused-ring (bicyclic) bond motifs is 1. The monoisotopic (exact) mass is 443 g/mol. The lowest BCUT2D eigenvalue weighted by Crippen LogP contribution is -2.66. The summed E-state index contributed by atoms with van der Waals surface area (Å²) in [6.07, 6.45) is 0.00447. The quantitative estimate of drug-likeness (QED) is 0.620. The van der Waals surface area contributed by atoms with Crippen LogP contribution in [0.3, 0.4) is 0 Å². The zero-order valence-corrected chi connectivity index (χ0v) is 17.3. The van der Waals surface area contributed by atoms with Crippen molar-refractivity contribution in [2.24, 2.45) is 18.4 Å². The van der Waals surface area contributed by atoms with Crippen LogP contribution in [-0.2, 0) is 23.1 Å². The fraction of sp³-hybridized carbons (Fsp3) is 0.409. The van der Waals surface area contributed by atoms with E-state index < -0.39 is 12.1 Å². The van der Waals surface area contributed by atoms with Crippen molar-refractivity contribution >= 4 is 22.6 Å². The van der Waals surface area contributed by atoms with Gasteiger partial charge in [0, 0.05) is 48.6 Å². The Morgan fingerprint density at radius 3 is 2.53 bits per heavy atom. The number of ketones is 1. The molecule has 0 unspecified atom stereocenters. The molecule has 3 heterocycles. The smallest absolute Gasteiger partial charge is 0.334 e. The Balaban J connectivity index is 1.22. The second kappa shape index (κ2) is 7.11. The van der Waals surface area contributed by atoms with Crippen molar-refractivity contribution in [1.29, 1.82) is 0 Å². The molecule has 3 aromatic rings. The number of amides is 1. The van der Waals surface area contributed by atoms with Crippen LogP contribution in [0, 0.1) is 11.3 Å². The summed E-state index contributed by atoms with van der Waals surface area (Å²) in [7, 11) is 1.85. The van der Waals surface area contributed by atoms with E-state index in [0.29, 0.717) is 18.5 Å². The van der Waals surface area contributed by atoms with Crippen LogP contribution in [-0.4, -0.2) is 55.8 Å². The van der Waals surface area contributed by atoms with Crippen LogP contribution in [0.25, 0.3) is 22.0 Å². The van der Waals surface area contributed by atoms with Crippen molar-refractivity contribution in [2.75, 3.05) is 13.1 Å². The molecule has 0 N–H and O–H groups in total. The summed E-state index contributed by atoms with van der Waals surface area (Å²) in [6.45, 7) is 0.143. The standard InChI is InChI=1S/C22H20F3N5O2/c1-29-10-16(9-26-29)13-2-3-18-14(4-13)5-17(27-28-18)6-19(31)15-7-21(8-15)11-30(12-21)20(32)22(23,24)25/h2-5,9-10,15H,6-8,11-12H2,1H3. The Hall–Kier alpha value is -3.30. The van der Waals surface area contributed by atoms with E-state index in [2.05, 4.69) is 15.3 Å². The number of alkyl halides is 3. The topological polar surface area (TPSA) is 81.0 Å². The van der Waals surface area contributed by atoms with E-state index in [1.165, 1.54) is 0 Å². The van der Waals surface area contributed by atoms with Crippen LogP contribution in [0.4, 0.5) is 13.2 Å². The molecule has 10 heteroatoms. The van der Waals surface area contributed by atoms with Crippen molar-refractivity contribution in [3.05, 3.63) is 42.4 Å². The number of hydrogen-bond donors (Lipinski definition) is 0. The molecule has 1 amide bonds. The Labute approximate surface area is 181 Å². The molecular formula is C22H20F3N5O2. The SMILES string of the molecule is Cn1cc(-c2ccc3nnc(CC(=O)C4CC5(C4)CN(C(=O)C(F)(F)F)C5)cc3c2)cn1. The fourth-order valence-electron chi connectivity index (χ4n) is 4.80. The van der Waals surface area contributed by atoms with Crippen molar-refractivity contribution in [2.45, 2.75) is 25.4 Å². The maximum Gasteiger partial charge on any atom is 0.471 e. The number of hydrogen-bond acceptors (Lipinski definition) is 5. The van der Waals surface area contributed by atoms with Crippen LogP contribution in [0.15, 0.2) is 36.7 Å². The lowest BCUT2D eigenvalue weighted by molar-refractivity contribution is -0.203. The van der Waals surface area contributed by atoms with Crippen LogP contribution in [0.1, 0.15) is 18.5 Å². The van der Waals surface area contributed by atoms with Crippen molar-refractivity contribution in [1.82, 2.24) is 24.9 Å². The first-order valence-electron chi connectivity index (χ1n) is 10.3. The van der Waals surface area contributed by atoms with Gasteiger partial charge in [-0.05, 0) is 36.6 Å². The van der Waals surface area contributed by atoms with Crippen LogP contribution < -0.4 is 0 Å². The number of rotatable bonds is 4. The van der Waals surface area contributed by atoms with Gasteiger partial charge in [0.15, 0.2) is 0 Å². The summed E-state index contributed by atoms with van der Waals surface area (Å²) in [5.41, 5.74) is 2.91. The number of likely N-dealkylation sites (tertiary alicyclic amines) is 1. The van der Waals surface area contributed by atoms with Gasteiger partial charge in [0.25, 0.3) is 0 Å². The van der Waals surface area contributed by atoms with Crippen molar-refractivity contribution in [3.63, 3.8) is 0 Å². The number of nitrogens with zero attached hydrogens (tertiary/aromatic N) is 5. The number of Topliss-reactive ketones (excluding diaryl/α,β-unsaturated/α-hetero) is 1. The zero-order valence-electron chi connectivity index (χ0n) is 17.3. The highest BCUT2D eigenvalue weighted by Gasteiger charge is 2.58. The zero-order chi connectivity index (χ0) is 22.7. The summed E-state index contributed by atoms with van der Waals surface area (Å²) >= 11 is 0. The number of halogens is 3. The highest BCUT2D eigenvalue weighted by molar-refractivity contribution is 5.87. The van der Waals surface area contributed by atoms with Gasteiger partial charge in [0.05, 0.1) is 23.8 Å². The molecule has 2 aliphatic rings. The molecule has 1 aliphatic carbocycles. The molecule has 1 aliphatic heterocycles. The van der Waals surface area contributed by atoms with Crippen LogP contribution in [0.2, 0.25) is 0 Å². The normalized spacial score (nSPS) is 17.9. The second-order valence-corrected chi connectivity index (χ2v) is 8.92. The first kappa shape index (κ1) is 20.6. The molecule has 2 fully saturated rings. The molecule has 7 nitrogen and oxygen atoms in total. The van der Waals surface area contributed by atoms with Gasteiger partial charge in [-0.25, -0.2) is 0 Å². The van der Waals surface area contributed by atoms with Gasteiger partial charge in [0.1, 0.15) is 5.78 Å². The Morgan fingerprint density at radius 2 is 1.88 bits per heavy atom. The highest BCUT2D eigenvalue weighted by atomic mass is 19.4. The minimum Gasteiger partial charge on any atom is -0.334 e. The number of benzene rings is 1. The van der Waals surface area contributed by atoms with E-state index in [0.717, 1.165) is 26.9 Å². The van der Waals surface area contributed by atoms with Gasteiger partial charge < -0.3 is 4.90 Å². The Kier molecular flexibility index (Phi) is 4.58. The summed E-state index contributed by atoms with van der Waals surface area (Å²) in [5.74, 6) is -2.00. The minimum absolute atomic E-state index is 0.00767. The van der Waals surface area contributed by atoms with Crippen molar-refractivity contribution in [3.8, 4) is 11.1 Å². The highest BCUT2D eigenvalue weighted by Crippen LogP contribution is 2.53. The third-order valence-electron chi connectivity index (χ3n) is 6.43. The van der Waals surface area contributed by atoms with E-state index in [1.54, 1.807) is 10.9 Å². The third-order valence-corrected chi connectivity index (χ3v) is 6.43. The van der Waals surface area contributed by atoms with E-state index >= 15 is 0 Å². The number of aromatic nitrogens is 4. The minimum atomic E-state index is -4.84. The second-order valence-electron chi connectivity index (χ2n) is 8.92. The number of carbonyl (C=O) groups excluding carboxylic acids is 2. The van der Waals surface area contributed by atoms with Gasteiger partial charge in [-0.15, -0.1) is 0 Å². The van der Waals surface area contributed by atoms with Gasteiger partial charge in [0.2, 0.25) is 0 Å². The first-order chi connectivity index (χ1) is 15.1. The summed E-state index contributed by atoms with van der Waals surface area (Å²) in [4.78, 5) is 24.8. The van der Waals surface area contributed by atoms with Gasteiger partial charge in [-0.2, -0.15) is 28.5 Å². The average molecular weight is 443 g/mol. The average Bonchev–Trinajstić information content (AvgIpc) is 3.10. The van der Waals surface area contributed by atoms with Crippen molar-refractivity contribution < 1.29 is 22.8 Å². The molecule has 1 saturated carbocycles. The van der Waals surface area contributed by atoms with E-state index in [4.69, 9.17) is 0 Å². The molecule has 1 saturated heterocycles. The molecule has 1 aromatic carbocycles. The largest absolute Gasteiger partial charge is 0.471 e. The fourth-order valence-corrected chi connectivity index (χ4v) is 4.80. The molecule has 0 radical (unpaired) electrons. The molecule has 5 rings (SSSR count). The first-order valence-corrected chi connectivity index (χ1v) is 10.3. The number of aryl methyl sites for hydroxylation is 1. The predicted molar refractivity (Wildman–Crippen MR) is 108 cm³/mol. The number of carbonyl (C=O) groups is 2. The predicted octanol–water partition coefficient (Wildman–Crippen LogP) is 2.94. The maximum atomic E-state index is 12.7. The molecular weight excluding hydrogens is 423 g/mol.